The van der Waals surface area contributed by atoms with Crippen LogP contribution >= 0.6 is 31.9 Å². The zero-order valence-electron chi connectivity index (χ0n) is 6.07. The molecule has 1 aromatic rings. The molecule has 13 heavy (non-hydrogen) atoms. The zero-order valence-corrected chi connectivity index (χ0v) is 9.25. The minimum atomic E-state index is -0.788. The Kier molecular flexibility index (Phi) is 3.38. The second kappa shape index (κ2) is 4.15. The quantitative estimate of drug-likeness (QED) is 0.507. The van der Waals surface area contributed by atoms with Crippen molar-refractivity contribution in [1.82, 2.24) is 0 Å². The Labute approximate surface area is 89.6 Å². The lowest BCUT2D eigenvalue weighted by Crippen LogP contribution is -1.98. The highest BCUT2D eigenvalue weighted by Gasteiger charge is 2.14. The first-order valence-corrected chi connectivity index (χ1v) is 4.69. The Morgan fingerprint density at radius 3 is 2.46 bits per heavy atom. The lowest BCUT2D eigenvalue weighted by atomic mass is 10.3. The standard InChI is InChI=1S/C7H3Br2F2NO/c8-5-3(10)1-4(12-2-13)6(9)7(5)11/h1-2H,(H,12,13). The maximum absolute atomic E-state index is 13.1. The van der Waals surface area contributed by atoms with Gasteiger partial charge in [0, 0.05) is 0 Å². The highest BCUT2D eigenvalue weighted by Crippen LogP contribution is 2.32. The van der Waals surface area contributed by atoms with E-state index in [1.807, 2.05) is 0 Å². The fourth-order valence-corrected chi connectivity index (χ4v) is 1.75. The van der Waals surface area contributed by atoms with Gasteiger partial charge in [0.1, 0.15) is 5.82 Å². The second-order valence-corrected chi connectivity index (χ2v) is 3.70. The van der Waals surface area contributed by atoms with E-state index in [1.54, 1.807) is 0 Å². The van der Waals surface area contributed by atoms with E-state index < -0.39 is 11.6 Å². The van der Waals surface area contributed by atoms with Gasteiger partial charge in [-0.25, -0.2) is 8.78 Å². The van der Waals surface area contributed by atoms with Gasteiger partial charge in [-0.3, -0.25) is 4.79 Å². The van der Waals surface area contributed by atoms with Gasteiger partial charge in [-0.2, -0.15) is 0 Å². The van der Waals surface area contributed by atoms with Crippen LogP contribution in [0.2, 0.25) is 0 Å². The highest BCUT2D eigenvalue weighted by atomic mass is 79.9. The molecule has 0 saturated heterocycles. The Morgan fingerprint density at radius 2 is 1.92 bits per heavy atom. The molecule has 0 spiro atoms. The SMILES string of the molecule is O=CNc1cc(F)c(Br)c(F)c1Br. The summed E-state index contributed by atoms with van der Waals surface area (Å²) in [5.74, 6) is -1.56. The molecule has 0 aliphatic rings. The van der Waals surface area contributed by atoms with E-state index >= 15 is 0 Å². The Hall–Kier alpha value is -0.490. The molecule has 0 saturated carbocycles. The summed E-state index contributed by atoms with van der Waals surface area (Å²) in [5.41, 5.74) is 0.0493. The van der Waals surface area contributed by atoms with Gasteiger partial charge in [-0.15, -0.1) is 0 Å². The van der Waals surface area contributed by atoms with E-state index in [0.29, 0.717) is 6.41 Å². The van der Waals surface area contributed by atoms with E-state index in [1.165, 1.54) is 0 Å². The molecule has 1 amide bonds. The van der Waals surface area contributed by atoms with Crippen molar-refractivity contribution in [3.63, 3.8) is 0 Å². The molecule has 0 aliphatic carbocycles. The maximum atomic E-state index is 13.1. The summed E-state index contributed by atoms with van der Waals surface area (Å²) in [4.78, 5) is 10.0. The first-order chi connectivity index (χ1) is 6.07. The van der Waals surface area contributed by atoms with Crippen LogP contribution in [-0.4, -0.2) is 6.41 Å². The fourth-order valence-electron chi connectivity index (χ4n) is 0.741. The third-order valence-corrected chi connectivity index (χ3v) is 2.82. The van der Waals surface area contributed by atoms with Gasteiger partial charge in [0.15, 0.2) is 5.82 Å². The molecule has 1 rings (SSSR count). The minimum Gasteiger partial charge on any atom is -0.328 e. The first kappa shape index (κ1) is 10.6. The molecule has 0 radical (unpaired) electrons. The summed E-state index contributed by atoms with van der Waals surface area (Å²) in [5, 5.41) is 2.16. The normalized spacial score (nSPS) is 9.85. The van der Waals surface area contributed by atoms with Crippen LogP contribution in [0.4, 0.5) is 14.5 Å². The number of anilines is 1. The first-order valence-electron chi connectivity index (χ1n) is 3.11. The van der Waals surface area contributed by atoms with Crippen LogP contribution in [0.3, 0.4) is 0 Å². The average Bonchev–Trinajstić information content (AvgIpc) is 2.11. The van der Waals surface area contributed by atoms with Gasteiger partial charge < -0.3 is 5.32 Å². The summed E-state index contributed by atoms with van der Waals surface area (Å²) in [6.07, 6.45) is 0.340. The monoisotopic (exact) mass is 313 g/mol. The van der Waals surface area contributed by atoms with Crippen molar-refractivity contribution in [2.24, 2.45) is 0 Å². The lowest BCUT2D eigenvalue weighted by molar-refractivity contribution is -0.105. The summed E-state index contributed by atoms with van der Waals surface area (Å²) >= 11 is 5.59. The van der Waals surface area contributed by atoms with E-state index in [-0.39, 0.29) is 14.6 Å². The second-order valence-electron chi connectivity index (χ2n) is 2.11. The van der Waals surface area contributed by atoms with Gasteiger partial charge in [0.2, 0.25) is 6.41 Å². The van der Waals surface area contributed by atoms with Gasteiger partial charge in [0.25, 0.3) is 0 Å². The van der Waals surface area contributed by atoms with Crippen LogP contribution in [-0.2, 0) is 4.79 Å². The van der Waals surface area contributed by atoms with Crippen molar-refractivity contribution in [2.75, 3.05) is 5.32 Å². The number of nitrogens with one attached hydrogen (secondary N) is 1. The highest BCUT2D eigenvalue weighted by molar-refractivity contribution is 9.11. The minimum absolute atomic E-state index is 0.00729. The zero-order chi connectivity index (χ0) is 10.0. The van der Waals surface area contributed by atoms with Crippen molar-refractivity contribution in [3.05, 3.63) is 26.6 Å². The molecule has 0 heterocycles. The lowest BCUT2D eigenvalue weighted by Gasteiger charge is -2.05. The topological polar surface area (TPSA) is 29.1 Å². The van der Waals surface area contributed by atoms with Gasteiger partial charge in [0.05, 0.1) is 14.6 Å². The van der Waals surface area contributed by atoms with Crippen LogP contribution in [0, 0.1) is 11.6 Å². The summed E-state index contributed by atoms with van der Waals surface area (Å²) < 4.78 is 25.7. The third kappa shape index (κ3) is 2.05. The molecule has 0 unspecified atom stereocenters. The van der Waals surface area contributed by atoms with E-state index in [9.17, 15) is 13.6 Å². The predicted octanol–water partition coefficient (Wildman–Crippen LogP) is 3.06. The molecule has 0 fully saturated rings. The maximum Gasteiger partial charge on any atom is 0.211 e. The number of carbonyl (C=O) groups excluding carboxylic acids is 1. The summed E-state index contributed by atoms with van der Waals surface area (Å²) in [6, 6.07) is 1.01. The molecular formula is C7H3Br2F2NO. The van der Waals surface area contributed by atoms with Crippen molar-refractivity contribution in [1.29, 1.82) is 0 Å². The molecule has 0 aliphatic heterocycles. The molecule has 70 valence electrons. The molecule has 0 atom stereocenters. The predicted molar refractivity (Wildman–Crippen MR) is 51.4 cm³/mol. The number of rotatable bonds is 2. The van der Waals surface area contributed by atoms with Crippen molar-refractivity contribution in [2.45, 2.75) is 0 Å². The van der Waals surface area contributed by atoms with Crippen molar-refractivity contribution in [3.8, 4) is 0 Å². The number of amides is 1. The van der Waals surface area contributed by atoms with Crippen LogP contribution in [0.1, 0.15) is 0 Å². The number of halogens is 4. The molecular weight excluding hydrogens is 312 g/mol. The molecule has 1 N–H and O–H groups in total. The fraction of sp³-hybridized carbons (Fsp3) is 0. The van der Waals surface area contributed by atoms with E-state index in [4.69, 9.17) is 0 Å². The third-order valence-electron chi connectivity index (χ3n) is 1.32. The number of carbonyl (C=O) groups is 1. The van der Waals surface area contributed by atoms with E-state index in [2.05, 4.69) is 37.2 Å². The van der Waals surface area contributed by atoms with Crippen molar-refractivity contribution >= 4 is 44.0 Å². The van der Waals surface area contributed by atoms with Crippen LogP contribution in [0.15, 0.2) is 15.0 Å². The smallest absolute Gasteiger partial charge is 0.211 e. The molecule has 0 aromatic heterocycles. The molecule has 6 heteroatoms. The average molecular weight is 315 g/mol. The van der Waals surface area contributed by atoms with Gasteiger partial charge in [-0.1, -0.05) is 0 Å². The number of benzene rings is 1. The van der Waals surface area contributed by atoms with Crippen LogP contribution in [0.25, 0.3) is 0 Å². The summed E-state index contributed by atoms with van der Waals surface area (Å²) in [7, 11) is 0. The van der Waals surface area contributed by atoms with E-state index in [0.717, 1.165) is 6.07 Å². The molecule has 0 bridgehead atoms. The molecule has 2 nitrogen and oxygen atoms in total. The van der Waals surface area contributed by atoms with Gasteiger partial charge >= 0.3 is 0 Å². The Morgan fingerprint density at radius 1 is 1.31 bits per heavy atom. The Bertz CT molecular complexity index is 357. The number of hydrogen-bond donors (Lipinski definition) is 1. The van der Waals surface area contributed by atoms with Crippen LogP contribution < -0.4 is 5.32 Å². The van der Waals surface area contributed by atoms with Crippen LogP contribution in [0.5, 0.6) is 0 Å². The Balaban J connectivity index is 3.31. The largest absolute Gasteiger partial charge is 0.328 e. The van der Waals surface area contributed by atoms with Gasteiger partial charge in [-0.05, 0) is 37.9 Å². The summed E-state index contributed by atoms with van der Waals surface area (Å²) in [6.45, 7) is 0. The number of hydrogen-bond acceptors (Lipinski definition) is 1. The molecule has 1 aromatic carbocycles. The van der Waals surface area contributed by atoms with Crippen molar-refractivity contribution < 1.29 is 13.6 Å².